The number of hydrogen-bond donors (Lipinski definition) is 1. The number of ether oxygens (including phenoxy) is 2. The van der Waals surface area contributed by atoms with Crippen LogP contribution >= 0.6 is 0 Å². The monoisotopic (exact) mass is 236 g/mol. The SMILES string of the molecule is Cc1ccc2c(c1)CC(CO[C@H](C)C(=O)O)O2. The van der Waals surface area contributed by atoms with Gasteiger partial charge in [0.1, 0.15) is 11.9 Å². The molecule has 1 N–H and O–H groups in total. The zero-order valence-corrected chi connectivity index (χ0v) is 9.97. The summed E-state index contributed by atoms with van der Waals surface area (Å²) < 4.78 is 10.9. The third-order valence-electron chi connectivity index (χ3n) is 2.84. The molecule has 2 atom stereocenters. The van der Waals surface area contributed by atoms with E-state index in [-0.39, 0.29) is 6.10 Å². The number of aryl methyl sites for hydroxylation is 1. The Morgan fingerprint density at radius 3 is 3.12 bits per heavy atom. The highest BCUT2D eigenvalue weighted by molar-refractivity contribution is 5.71. The first-order valence-corrected chi connectivity index (χ1v) is 5.67. The maximum absolute atomic E-state index is 10.6. The molecule has 0 radical (unpaired) electrons. The van der Waals surface area contributed by atoms with Crippen LogP contribution in [0.4, 0.5) is 0 Å². The van der Waals surface area contributed by atoms with Crippen molar-refractivity contribution in [3.8, 4) is 5.75 Å². The Labute approximate surface area is 100 Å². The Balaban J connectivity index is 1.90. The molecular weight excluding hydrogens is 220 g/mol. The molecule has 2 rings (SSSR count). The number of aliphatic carboxylic acids is 1. The van der Waals surface area contributed by atoms with Gasteiger partial charge in [0.15, 0.2) is 6.10 Å². The fraction of sp³-hybridized carbons (Fsp3) is 0.462. The highest BCUT2D eigenvalue weighted by Crippen LogP contribution is 2.29. The fourth-order valence-electron chi connectivity index (χ4n) is 1.87. The van der Waals surface area contributed by atoms with E-state index in [9.17, 15) is 4.79 Å². The number of carboxylic acids is 1. The summed E-state index contributed by atoms with van der Waals surface area (Å²) >= 11 is 0. The molecule has 0 spiro atoms. The van der Waals surface area contributed by atoms with Gasteiger partial charge in [0.05, 0.1) is 6.61 Å². The first kappa shape index (κ1) is 11.9. The molecule has 0 saturated carbocycles. The van der Waals surface area contributed by atoms with Crippen molar-refractivity contribution >= 4 is 5.97 Å². The lowest BCUT2D eigenvalue weighted by molar-refractivity contribution is -0.150. The number of carboxylic acid groups (broad SMARTS) is 1. The molecule has 0 saturated heterocycles. The van der Waals surface area contributed by atoms with E-state index in [0.29, 0.717) is 6.61 Å². The van der Waals surface area contributed by atoms with Crippen LogP contribution in [-0.4, -0.2) is 29.9 Å². The molecule has 92 valence electrons. The molecule has 1 aromatic rings. The summed E-state index contributed by atoms with van der Waals surface area (Å²) in [6.07, 6.45) is -0.0822. The van der Waals surface area contributed by atoms with Crippen molar-refractivity contribution in [3.63, 3.8) is 0 Å². The van der Waals surface area contributed by atoms with Crippen LogP contribution in [0.1, 0.15) is 18.1 Å². The summed E-state index contributed by atoms with van der Waals surface area (Å²) in [7, 11) is 0. The molecule has 0 aliphatic carbocycles. The van der Waals surface area contributed by atoms with Gasteiger partial charge in [-0.15, -0.1) is 0 Å². The summed E-state index contributed by atoms with van der Waals surface area (Å²) in [6, 6.07) is 6.04. The van der Waals surface area contributed by atoms with Crippen LogP contribution in [0, 0.1) is 6.92 Å². The van der Waals surface area contributed by atoms with Gasteiger partial charge < -0.3 is 14.6 Å². The average Bonchev–Trinajstić information content (AvgIpc) is 2.67. The minimum Gasteiger partial charge on any atom is -0.487 e. The molecular formula is C13H16O4. The number of hydrogen-bond acceptors (Lipinski definition) is 3. The Hall–Kier alpha value is -1.55. The Kier molecular flexibility index (Phi) is 3.33. The lowest BCUT2D eigenvalue weighted by Crippen LogP contribution is -2.27. The van der Waals surface area contributed by atoms with Crippen molar-refractivity contribution in [2.75, 3.05) is 6.61 Å². The van der Waals surface area contributed by atoms with E-state index in [1.807, 2.05) is 19.1 Å². The van der Waals surface area contributed by atoms with Crippen molar-refractivity contribution in [3.05, 3.63) is 29.3 Å². The van der Waals surface area contributed by atoms with E-state index < -0.39 is 12.1 Å². The van der Waals surface area contributed by atoms with Crippen molar-refractivity contribution in [2.45, 2.75) is 32.5 Å². The first-order chi connectivity index (χ1) is 8.06. The maximum Gasteiger partial charge on any atom is 0.332 e. The molecule has 1 aliphatic rings. The second-order valence-electron chi connectivity index (χ2n) is 4.37. The number of fused-ring (bicyclic) bond motifs is 1. The summed E-state index contributed by atoms with van der Waals surface area (Å²) in [4.78, 5) is 10.6. The van der Waals surface area contributed by atoms with Crippen molar-refractivity contribution in [1.82, 2.24) is 0 Å². The van der Waals surface area contributed by atoms with Crippen LogP contribution in [0.5, 0.6) is 5.75 Å². The van der Waals surface area contributed by atoms with Gasteiger partial charge in [-0.05, 0) is 25.5 Å². The van der Waals surface area contributed by atoms with E-state index in [2.05, 4.69) is 6.07 Å². The minimum atomic E-state index is -0.948. The third-order valence-corrected chi connectivity index (χ3v) is 2.84. The summed E-state index contributed by atoms with van der Waals surface area (Å²) in [5.41, 5.74) is 2.37. The Morgan fingerprint density at radius 1 is 1.65 bits per heavy atom. The first-order valence-electron chi connectivity index (χ1n) is 5.67. The Morgan fingerprint density at radius 2 is 2.41 bits per heavy atom. The normalized spacial score (nSPS) is 19.5. The molecule has 0 bridgehead atoms. The number of rotatable bonds is 4. The summed E-state index contributed by atoms with van der Waals surface area (Å²) in [6.45, 7) is 3.87. The van der Waals surface area contributed by atoms with Crippen molar-refractivity contribution < 1.29 is 19.4 Å². The highest BCUT2D eigenvalue weighted by Gasteiger charge is 2.24. The van der Waals surface area contributed by atoms with Crippen molar-refractivity contribution in [1.29, 1.82) is 0 Å². The van der Waals surface area contributed by atoms with E-state index in [0.717, 1.165) is 12.2 Å². The van der Waals surface area contributed by atoms with E-state index in [4.69, 9.17) is 14.6 Å². The highest BCUT2D eigenvalue weighted by atomic mass is 16.6. The predicted molar refractivity (Wildman–Crippen MR) is 62.3 cm³/mol. The topological polar surface area (TPSA) is 55.8 Å². The summed E-state index contributed by atoms with van der Waals surface area (Å²) in [5, 5.41) is 8.70. The quantitative estimate of drug-likeness (QED) is 0.865. The van der Waals surface area contributed by atoms with E-state index in [1.54, 1.807) is 0 Å². The third kappa shape index (κ3) is 2.77. The van der Waals surface area contributed by atoms with Gasteiger partial charge in [-0.1, -0.05) is 17.7 Å². The number of carbonyl (C=O) groups is 1. The molecule has 17 heavy (non-hydrogen) atoms. The van der Waals surface area contributed by atoms with Gasteiger partial charge in [-0.2, -0.15) is 0 Å². The van der Waals surface area contributed by atoms with Crippen LogP contribution in [-0.2, 0) is 16.0 Å². The molecule has 4 heteroatoms. The van der Waals surface area contributed by atoms with Gasteiger partial charge in [0.25, 0.3) is 0 Å². The molecule has 4 nitrogen and oxygen atoms in total. The van der Waals surface area contributed by atoms with Crippen LogP contribution in [0.25, 0.3) is 0 Å². The molecule has 1 aliphatic heterocycles. The van der Waals surface area contributed by atoms with Gasteiger partial charge >= 0.3 is 5.97 Å². The largest absolute Gasteiger partial charge is 0.487 e. The van der Waals surface area contributed by atoms with Crippen LogP contribution in [0.2, 0.25) is 0 Å². The lowest BCUT2D eigenvalue weighted by atomic mass is 10.1. The second-order valence-corrected chi connectivity index (χ2v) is 4.37. The fourth-order valence-corrected chi connectivity index (χ4v) is 1.87. The Bertz CT molecular complexity index is 427. The molecule has 1 aromatic carbocycles. The van der Waals surface area contributed by atoms with E-state index >= 15 is 0 Å². The minimum absolute atomic E-state index is 0.0754. The average molecular weight is 236 g/mol. The van der Waals surface area contributed by atoms with Gasteiger partial charge in [0, 0.05) is 6.42 Å². The summed E-state index contributed by atoms with van der Waals surface area (Å²) in [5.74, 6) is -0.0662. The molecule has 0 amide bonds. The zero-order chi connectivity index (χ0) is 12.4. The van der Waals surface area contributed by atoms with Crippen LogP contribution in [0.3, 0.4) is 0 Å². The smallest absolute Gasteiger partial charge is 0.332 e. The predicted octanol–water partition coefficient (Wildman–Crippen LogP) is 1.79. The van der Waals surface area contributed by atoms with Gasteiger partial charge in [0.2, 0.25) is 0 Å². The van der Waals surface area contributed by atoms with Gasteiger partial charge in [-0.3, -0.25) is 0 Å². The van der Waals surface area contributed by atoms with Crippen LogP contribution in [0.15, 0.2) is 18.2 Å². The molecule has 1 unspecified atom stereocenters. The van der Waals surface area contributed by atoms with Gasteiger partial charge in [-0.25, -0.2) is 4.79 Å². The molecule has 0 aromatic heterocycles. The lowest BCUT2D eigenvalue weighted by Gasteiger charge is -2.13. The zero-order valence-electron chi connectivity index (χ0n) is 9.97. The second kappa shape index (κ2) is 4.75. The standard InChI is InChI=1S/C13H16O4/c1-8-3-4-12-10(5-8)6-11(17-12)7-16-9(2)13(14)15/h3-5,9,11H,6-7H2,1-2H3,(H,14,15)/t9-,11?/m1/s1. The van der Waals surface area contributed by atoms with E-state index in [1.165, 1.54) is 18.1 Å². The molecule has 1 heterocycles. The molecule has 0 fully saturated rings. The maximum atomic E-state index is 10.6. The number of benzene rings is 1. The van der Waals surface area contributed by atoms with Crippen LogP contribution < -0.4 is 4.74 Å². The van der Waals surface area contributed by atoms with Crippen molar-refractivity contribution in [2.24, 2.45) is 0 Å².